The van der Waals surface area contributed by atoms with E-state index in [0.29, 0.717) is 24.8 Å². The number of rotatable bonds is 11. The molecule has 1 unspecified atom stereocenters. The third-order valence-corrected chi connectivity index (χ3v) is 4.21. The summed E-state index contributed by atoms with van der Waals surface area (Å²) in [6.07, 6.45) is -0.642. The normalized spacial score (nSPS) is 12.2. The average Bonchev–Trinajstić information content (AvgIpc) is 2.70. The highest BCUT2D eigenvalue weighted by atomic mass is 16.5. The van der Waals surface area contributed by atoms with E-state index in [1.54, 1.807) is 12.1 Å². The molecule has 2 rings (SSSR count). The molecule has 8 heteroatoms. The van der Waals surface area contributed by atoms with Crippen molar-refractivity contribution in [1.82, 2.24) is 15.5 Å². The van der Waals surface area contributed by atoms with Crippen molar-refractivity contribution in [3.05, 3.63) is 41.5 Å². The van der Waals surface area contributed by atoms with Gasteiger partial charge in [0.05, 0.1) is 0 Å². The van der Waals surface area contributed by atoms with Gasteiger partial charge in [0.1, 0.15) is 25.1 Å². The van der Waals surface area contributed by atoms with Crippen LogP contribution in [-0.4, -0.2) is 52.4 Å². The van der Waals surface area contributed by atoms with E-state index < -0.39 is 6.10 Å². The molecule has 0 aliphatic heterocycles. The first-order valence-electron chi connectivity index (χ1n) is 10.0. The number of anilines is 1. The van der Waals surface area contributed by atoms with E-state index in [9.17, 15) is 5.11 Å². The van der Waals surface area contributed by atoms with Crippen molar-refractivity contribution in [2.45, 2.75) is 53.2 Å². The molecule has 0 amide bonds. The van der Waals surface area contributed by atoms with Gasteiger partial charge in [-0.2, -0.15) is 5.10 Å². The Bertz CT molecular complexity index is 833. The molecular weight excluding hydrogens is 382 g/mol. The summed E-state index contributed by atoms with van der Waals surface area (Å²) in [7, 11) is 0. The fourth-order valence-corrected chi connectivity index (χ4v) is 2.43. The van der Waals surface area contributed by atoms with Crippen molar-refractivity contribution in [2.75, 3.05) is 25.2 Å². The minimum atomic E-state index is -0.642. The molecule has 2 aromatic rings. The van der Waals surface area contributed by atoms with Crippen molar-refractivity contribution in [1.29, 1.82) is 0 Å². The summed E-state index contributed by atoms with van der Waals surface area (Å²) < 4.78 is 11.5. The van der Waals surface area contributed by atoms with E-state index in [0.717, 1.165) is 22.6 Å². The van der Waals surface area contributed by atoms with Crippen molar-refractivity contribution in [2.24, 2.45) is 5.10 Å². The smallest absolute Gasteiger partial charge is 0.233 e. The lowest BCUT2D eigenvalue weighted by atomic mass is 10.1. The lowest BCUT2D eigenvalue weighted by Gasteiger charge is -2.27. The van der Waals surface area contributed by atoms with Gasteiger partial charge >= 0.3 is 0 Å². The molecule has 0 bridgehead atoms. The fourth-order valence-electron chi connectivity index (χ4n) is 2.43. The Morgan fingerprint density at radius 3 is 2.57 bits per heavy atom. The number of benzene rings is 1. The van der Waals surface area contributed by atoms with E-state index >= 15 is 0 Å². The average molecular weight is 416 g/mol. The molecule has 1 aromatic carbocycles. The summed E-state index contributed by atoms with van der Waals surface area (Å²) in [5, 5.41) is 25.7. The lowest BCUT2D eigenvalue weighted by molar-refractivity contribution is 0.0920. The first kappa shape index (κ1) is 23.6. The van der Waals surface area contributed by atoms with Crippen LogP contribution in [0.2, 0.25) is 0 Å². The van der Waals surface area contributed by atoms with E-state index in [-0.39, 0.29) is 12.1 Å². The number of aliphatic hydroxyl groups excluding tert-OH is 1. The Morgan fingerprint density at radius 2 is 1.90 bits per heavy atom. The van der Waals surface area contributed by atoms with Crippen molar-refractivity contribution >= 4 is 11.5 Å². The number of nitrogens with zero attached hydrogens (tertiary/aromatic N) is 3. The predicted molar refractivity (Wildman–Crippen MR) is 119 cm³/mol. The number of hydrazone groups is 1. The Hall–Kier alpha value is -2.71. The van der Waals surface area contributed by atoms with Crippen molar-refractivity contribution in [3.8, 4) is 11.6 Å². The molecular formula is C22H33N5O3. The van der Waals surface area contributed by atoms with Gasteiger partial charge in [0.2, 0.25) is 5.88 Å². The maximum Gasteiger partial charge on any atom is 0.233 e. The number of ether oxygens (including phenoxy) is 2. The molecule has 1 aromatic heterocycles. The molecule has 164 valence electrons. The summed E-state index contributed by atoms with van der Waals surface area (Å²) >= 11 is 0. The minimum absolute atomic E-state index is 0.216. The zero-order valence-electron chi connectivity index (χ0n) is 18.7. The number of hydrogen-bond donors (Lipinski definition) is 3. The minimum Gasteiger partial charge on any atom is -0.491 e. The van der Waals surface area contributed by atoms with Crippen LogP contribution >= 0.6 is 0 Å². The van der Waals surface area contributed by atoms with Crippen LogP contribution in [0, 0.1) is 13.8 Å². The van der Waals surface area contributed by atoms with Crippen LogP contribution in [0.25, 0.3) is 0 Å². The quantitative estimate of drug-likeness (QED) is 0.383. The van der Waals surface area contributed by atoms with E-state index in [2.05, 4.69) is 26.0 Å². The summed E-state index contributed by atoms with van der Waals surface area (Å²) in [6, 6.07) is 9.52. The predicted octanol–water partition coefficient (Wildman–Crippen LogP) is 3.09. The topological polar surface area (TPSA) is 101 Å². The standard InChI is InChI=1S/C22H33N5O3/c1-15(2)24-25-20-9-10-21(27-26-20)30-14-22(5,6)23-12-18(28)13-29-19-11-16(3)7-8-17(19)4/h7-11,18,23,28H,12-14H2,1-6H3,(H,25,26). The van der Waals surface area contributed by atoms with Crippen LogP contribution < -0.4 is 20.2 Å². The van der Waals surface area contributed by atoms with Gasteiger partial charge in [-0.1, -0.05) is 12.1 Å². The highest BCUT2D eigenvalue weighted by Crippen LogP contribution is 2.19. The fraction of sp³-hybridized carbons (Fsp3) is 0.500. The number of β-amino-alcohol motifs (C(OH)–C–C–N with tert-alkyl or cyclic N) is 1. The largest absolute Gasteiger partial charge is 0.491 e. The maximum atomic E-state index is 10.3. The molecule has 1 atom stereocenters. The van der Waals surface area contributed by atoms with Crippen LogP contribution in [0.15, 0.2) is 35.4 Å². The van der Waals surface area contributed by atoms with Crippen LogP contribution in [0.5, 0.6) is 11.6 Å². The lowest BCUT2D eigenvalue weighted by Crippen LogP contribution is -2.48. The molecule has 0 saturated heterocycles. The van der Waals surface area contributed by atoms with Gasteiger partial charge in [0.25, 0.3) is 0 Å². The van der Waals surface area contributed by atoms with Gasteiger partial charge in [0, 0.05) is 23.9 Å². The van der Waals surface area contributed by atoms with Crippen molar-refractivity contribution < 1.29 is 14.6 Å². The summed E-state index contributed by atoms with van der Waals surface area (Å²) in [4.78, 5) is 0. The number of hydrogen-bond acceptors (Lipinski definition) is 8. The Labute approximate surface area is 178 Å². The SMILES string of the molecule is CC(C)=NNc1ccc(OCC(C)(C)NCC(O)COc2cc(C)ccc2C)nn1. The van der Waals surface area contributed by atoms with Crippen LogP contribution in [0.3, 0.4) is 0 Å². The second-order valence-corrected chi connectivity index (χ2v) is 8.21. The summed E-state index contributed by atoms with van der Waals surface area (Å²) in [5.74, 6) is 1.77. The number of aliphatic hydroxyl groups is 1. The maximum absolute atomic E-state index is 10.3. The first-order chi connectivity index (χ1) is 14.1. The summed E-state index contributed by atoms with van der Waals surface area (Å²) in [6.45, 7) is 12.7. The molecule has 8 nitrogen and oxygen atoms in total. The zero-order valence-corrected chi connectivity index (χ0v) is 18.7. The van der Waals surface area contributed by atoms with E-state index in [4.69, 9.17) is 9.47 Å². The summed E-state index contributed by atoms with van der Waals surface area (Å²) in [5.41, 5.74) is 5.51. The second-order valence-electron chi connectivity index (χ2n) is 8.21. The number of aryl methyl sites for hydroxylation is 2. The third-order valence-electron chi connectivity index (χ3n) is 4.21. The van der Waals surface area contributed by atoms with Crippen LogP contribution in [0.1, 0.15) is 38.8 Å². The molecule has 1 heterocycles. The van der Waals surface area contributed by atoms with Crippen LogP contribution in [0.4, 0.5) is 5.82 Å². The Balaban J connectivity index is 1.75. The molecule has 0 saturated carbocycles. The Kier molecular flexibility index (Phi) is 8.56. The monoisotopic (exact) mass is 415 g/mol. The second kappa shape index (κ2) is 10.9. The Morgan fingerprint density at radius 1 is 1.13 bits per heavy atom. The van der Waals surface area contributed by atoms with E-state index in [1.165, 1.54) is 0 Å². The molecule has 30 heavy (non-hydrogen) atoms. The van der Waals surface area contributed by atoms with E-state index in [1.807, 2.05) is 59.7 Å². The van der Waals surface area contributed by atoms with Crippen LogP contribution in [-0.2, 0) is 0 Å². The van der Waals surface area contributed by atoms with Gasteiger partial charge in [-0.15, -0.1) is 10.2 Å². The van der Waals surface area contributed by atoms with Crippen molar-refractivity contribution in [3.63, 3.8) is 0 Å². The third kappa shape index (κ3) is 8.34. The number of aromatic nitrogens is 2. The molecule has 0 spiro atoms. The van der Waals surface area contributed by atoms with Gasteiger partial charge < -0.3 is 19.9 Å². The van der Waals surface area contributed by atoms with Gasteiger partial charge in [0.15, 0.2) is 5.82 Å². The molecule has 0 radical (unpaired) electrons. The first-order valence-corrected chi connectivity index (χ1v) is 10.0. The molecule has 0 fully saturated rings. The van der Waals surface area contributed by atoms with Gasteiger partial charge in [-0.05, 0) is 64.8 Å². The number of nitrogens with one attached hydrogen (secondary N) is 2. The van der Waals surface area contributed by atoms with Gasteiger partial charge in [-0.25, -0.2) is 0 Å². The molecule has 3 N–H and O–H groups in total. The highest BCUT2D eigenvalue weighted by molar-refractivity contribution is 5.79. The van der Waals surface area contributed by atoms with Gasteiger partial charge in [-0.3, -0.25) is 5.43 Å². The highest BCUT2D eigenvalue weighted by Gasteiger charge is 2.20. The molecule has 0 aliphatic rings. The molecule has 0 aliphatic carbocycles. The zero-order chi connectivity index (χ0) is 22.1.